The van der Waals surface area contributed by atoms with Gasteiger partial charge in [-0.15, -0.1) is 18.3 Å². The first-order valence-corrected chi connectivity index (χ1v) is 11.8. The Morgan fingerprint density at radius 3 is 2.30 bits per heavy atom. The predicted octanol–water partition coefficient (Wildman–Crippen LogP) is 5.11. The number of hydrogen-bond donors (Lipinski definition) is 0. The molecule has 0 aromatic heterocycles. The van der Waals surface area contributed by atoms with Crippen LogP contribution in [0.15, 0.2) is 71.0 Å². The summed E-state index contributed by atoms with van der Waals surface area (Å²) in [7, 11) is -3.66. The van der Waals surface area contributed by atoms with Crippen molar-refractivity contribution in [1.82, 2.24) is 0 Å². The Hall–Kier alpha value is -1.92. The molecule has 1 aliphatic rings. The van der Waals surface area contributed by atoms with E-state index in [1.54, 1.807) is 42.1 Å². The molecule has 0 amide bonds. The zero-order chi connectivity index (χ0) is 19.3. The van der Waals surface area contributed by atoms with E-state index in [0.29, 0.717) is 5.69 Å². The van der Waals surface area contributed by atoms with Gasteiger partial charge in [0.05, 0.1) is 23.2 Å². The Morgan fingerprint density at radius 1 is 1.11 bits per heavy atom. The Kier molecular flexibility index (Phi) is 6.50. The summed E-state index contributed by atoms with van der Waals surface area (Å²) in [6.45, 7) is 3.92. The lowest BCUT2D eigenvalue weighted by atomic mass is 10.2. The molecule has 1 aliphatic carbocycles. The van der Waals surface area contributed by atoms with E-state index in [0.717, 1.165) is 23.5 Å². The van der Waals surface area contributed by atoms with Crippen LogP contribution in [0.4, 0.5) is 5.69 Å². The van der Waals surface area contributed by atoms with E-state index in [-0.39, 0.29) is 17.5 Å². The van der Waals surface area contributed by atoms with Crippen LogP contribution in [0.25, 0.3) is 0 Å². The summed E-state index contributed by atoms with van der Waals surface area (Å²) in [5.74, 6) is 0.783. The second-order valence-corrected chi connectivity index (χ2v) is 9.26. The number of thioether (sulfide) groups is 1. The van der Waals surface area contributed by atoms with Crippen molar-refractivity contribution >= 4 is 27.5 Å². The highest BCUT2D eigenvalue weighted by molar-refractivity contribution is 7.98. The molecule has 0 unspecified atom stereocenters. The molecule has 0 bridgehead atoms. The second-order valence-electron chi connectivity index (χ2n) is 6.52. The molecule has 0 spiro atoms. The van der Waals surface area contributed by atoms with Gasteiger partial charge in [0.15, 0.2) is 0 Å². The van der Waals surface area contributed by atoms with Gasteiger partial charge in [-0.3, -0.25) is 4.31 Å². The minimum atomic E-state index is -3.66. The van der Waals surface area contributed by atoms with Gasteiger partial charge in [-0.2, -0.15) is 0 Å². The molecule has 0 atom stereocenters. The van der Waals surface area contributed by atoms with Crippen LogP contribution in [0.2, 0.25) is 0 Å². The maximum absolute atomic E-state index is 13.1. The maximum Gasteiger partial charge on any atom is 0.264 e. The molecule has 0 aliphatic heterocycles. The first-order valence-electron chi connectivity index (χ1n) is 9.09. The van der Waals surface area contributed by atoms with Gasteiger partial charge < -0.3 is 4.74 Å². The van der Waals surface area contributed by atoms with Crippen LogP contribution in [-0.4, -0.2) is 27.3 Å². The fraction of sp³-hybridized carbons (Fsp3) is 0.333. The van der Waals surface area contributed by atoms with Gasteiger partial charge in [0.2, 0.25) is 0 Å². The molecule has 0 heterocycles. The largest absolute Gasteiger partial charge is 0.490 e. The molecule has 2 aromatic rings. The number of rotatable bonds is 8. The third-order valence-corrected chi connectivity index (χ3v) is 7.22. The molecular formula is C21H25NO3S2. The summed E-state index contributed by atoms with van der Waals surface area (Å²) in [5.41, 5.74) is 0.600. The predicted molar refractivity (Wildman–Crippen MR) is 112 cm³/mol. The first-order chi connectivity index (χ1) is 13.0. The number of nitrogens with zero attached hydrogens (tertiary/aromatic N) is 1. The monoisotopic (exact) mass is 403 g/mol. The molecule has 1 saturated carbocycles. The quantitative estimate of drug-likeness (QED) is 0.454. The third-order valence-electron chi connectivity index (χ3n) is 4.67. The van der Waals surface area contributed by atoms with E-state index in [1.807, 2.05) is 30.5 Å². The fourth-order valence-corrected chi connectivity index (χ4v) is 5.07. The van der Waals surface area contributed by atoms with Gasteiger partial charge in [-0.25, -0.2) is 8.42 Å². The molecule has 0 radical (unpaired) electrons. The molecule has 0 N–H and O–H groups in total. The normalized spacial score (nSPS) is 14.9. The van der Waals surface area contributed by atoms with Crippen molar-refractivity contribution in [1.29, 1.82) is 0 Å². The minimum absolute atomic E-state index is 0.204. The van der Waals surface area contributed by atoms with Crippen LogP contribution in [0, 0.1) is 0 Å². The molecule has 2 aromatic carbocycles. The SMILES string of the molecule is C=CCN(c1ccc(OC2CCCC2)cc1)S(=O)(=O)c1ccc(SC)cc1. The average molecular weight is 404 g/mol. The number of ether oxygens (including phenoxy) is 1. The zero-order valence-electron chi connectivity index (χ0n) is 15.5. The van der Waals surface area contributed by atoms with Crippen LogP contribution in [-0.2, 0) is 10.0 Å². The summed E-state index contributed by atoms with van der Waals surface area (Å²) >= 11 is 1.58. The highest BCUT2D eigenvalue weighted by Gasteiger charge is 2.24. The van der Waals surface area contributed by atoms with E-state index in [1.165, 1.54) is 17.1 Å². The van der Waals surface area contributed by atoms with Crippen molar-refractivity contribution in [3.05, 3.63) is 61.2 Å². The van der Waals surface area contributed by atoms with Crippen molar-refractivity contribution < 1.29 is 13.2 Å². The summed E-state index contributed by atoms with van der Waals surface area (Å²) in [6.07, 6.45) is 8.43. The summed E-state index contributed by atoms with van der Waals surface area (Å²) in [6, 6.07) is 14.2. The first kappa shape index (κ1) is 19.8. The average Bonchev–Trinajstić information content (AvgIpc) is 3.20. The fourth-order valence-electron chi connectivity index (χ4n) is 3.22. The van der Waals surface area contributed by atoms with E-state index < -0.39 is 10.0 Å². The van der Waals surface area contributed by atoms with E-state index >= 15 is 0 Å². The Bertz CT molecular complexity index is 855. The number of hydrogen-bond acceptors (Lipinski definition) is 4. The molecule has 0 saturated heterocycles. The molecule has 27 heavy (non-hydrogen) atoms. The summed E-state index contributed by atoms with van der Waals surface area (Å²) in [4.78, 5) is 1.30. The van der Waals surface area contributed by atoms with E-state index in [2.05, 4.69) is 6.58 Å². The van der Waals surface area contributed by atoms with E-state index in [4.69, 9.17) is 4.74 Å². The standard InChI is InChI=1S/C21H25NO3S2/c1-3-16-22(27(23,24)21-14-12-20(26-2)13-15-21)17-8-10-19(11-9-17)25-18-6-4-5-7-18/h3,8-15,18H,1,4-7,16H2,2H3. The zero-order valence-corrected chi connectivity index (χ0v) is 17.1. The van der Waals surface area contributed by atoms with Crippen LogP contribution in [0.1, 0.15) is 25.7 Å². The number of sulfonamides is 1. The van der Waals surface area contributed by atoms with E-state index in [9.17, 15) is 8.42 Å². The van der Waals surface area contributed by atoms with Crippen molar-refractivity contribution in [3.63, 3.8) is 0 Å². The van der Waals surface area contributed by atoms with Gasteiger partial charge in [0.25, 0.3) is 10.0 Å². The lowest BCUT2D eigenvalue weighted by Gasteiger charge is -2.24. The van der Waals surface area contributed by atoms with Crippen LogP contribution in [0.3, 0.4) is 0 Å². The van der Waals surface area contributed by atoms with Crippen LogP contribution < -0.4 is 9.04 Å². The highest BCUT2D eigenvalue weighted by Crippen LogP contribution is 2.29. The molecule has 4 nitrogen and oxygen atoms in total. The van der Waals surface area contributed by atoms with Gasteiger partial charge in [0, 0.05) is 4.90 Å². The topological polar surface area (TPSA) is 46.6 Å². The lowest BCUT2D eigenvalue weighted by Crippen LogP contribution is -2.31. The molecule has 3 rings (SSSR count). The van der Waals surface area contributed by atoms with Gasteiger partial charge in [0.1, 0.15) is 5.75 Å². The van der Waals surface area contributed by atoms with Crippen molar-refractivity contribution in [2.45, 2.75) is 41.6 Å². The maximum atomic E-state index is 13.1. The highest BCUT2D eigenvalue weighted by atomic mass is 32.2. The van der Waals surface area contributed by atoms with Gasteiger partial charge in [-0.05, 0) is 80.5 Å². The number of benzene rings is 2. The Balaban J connectivity index is 1.83. The Labute approximate surface area is 166 Å². The van der Waals surface area contributed by atoms with Gasteiger partial charge in [-0.1, -0.05) is 6.08 Å². The van der Waals surface area contributed by atoms with Crippen LogP contribution in [0.5, 0.6) is 5.75 Å². The van der Waals surface area contributed by atoms with Crippen molar-refractivity contribution in [3.8, 4) is 5.75 Å². The summed E-state index contributed by atoms with van der Waals surface area (Å²) < 4.78 is 33.6. The third kappa shape index (κ3) is 4.68. The minimum Gasteiger partial charge on any atom is -0.490 e. The Morgan fingerprint density at radius 2 is 1.74 bits per heavy atom. The summed E-state index contributed by atoms with van der Waals surface area (Å²) in [5, 5.41) is 0. The number of anilines is 1. The van der Waals surface area contributed by atoms with Crippen LogP contribution >= 0.6 is 11.8 Å². The van der Waals surface area contributed by atoms with Gasteiger partial charge >= 0.3 is 0 Å². The smallest absolute Gasteiger partial charge is 0.264 e. The molecule has 144 valence electrons. The van der Waals surface area contributed by atoms with Crippen molar-refractivity contribution in [2.24, 2.45) is 0 Å². The molecular weight excluding hydrogens is 378 g/mol. The van der Waals surface area contributed by atoms with Crippen molar-refractivity contribution in [2.75, 3.05) is 17.1 Å². The second kappa shape index (κ2) is 8.85. The molecule has 1 fully saturated rings. The molecule has 6 heteroatoms. The lowest BCUT2D eigenvalue weighted by molar-refractivity contribution is 0.210.